The lowest BCUT2D eigenvalue weighted by molar-refractivity contribution is 0.321. The molecule has 1 heterocycles. The van der Waals surface area contributed by atoms with Gasteiger partial charge in [-0.15, -0.1) is 0 Å². The lowest BCUT2D eigenvalue weighted by Crippen LogP contribution is -2.06. The number of ether oxygens (including phenoxy) is 1. The molecule has 0 bridgehead atoms. The van der Waals surface area contributed by atoms with Crippen LogP contribution in [0.4, 0.5) is 5.95 Å². The van der Waals surface area contributed by atoms with Gasteiger partial charge in [0.25, 0.3) is 0 Å². The Balaban J connectivity index is 1.76. The van der Waals surface area contributed by atoms with Gasteiger partial charge in [-0.3, -0.25) is 0 Å². The van der Waals surface area contributed by atoms with Crippen molar-refractivity contribution >= 4 is 28.5 Å². The number of hydrogen-bond donors (Lipinski definition) is 1. The Morgan fingerprint density at radius 2 is 1.90 bits per heavy atom. The summed E-state index contributed by atoms with van der Waals surface area (Å²) in [6.45, 7) is 0.501. The van der Waals surface area contributed by atoms with Gasteiger partial charge in [-0.05, 0) is 24.3 Å². The van der Waals surface area contributed by atoms with Crippen LogP contribution < -0.4 is 10.5 Å². The first-order valence-electron chi connectivity index (χ1n) is 6.62. The fourth-order valence-corrected chi connectivity index (χ4v) is 2.36. The van der Waals surface area contributed by atoms with E-state index in [0.717, 1.165) is 22.3 Å². The van der Waals surface area contributed by atoms with Crippen molar-refractivity contribution in [1.82, 2.24) is 9.97 Å². The number of para-hydroxylation sites is 1. The minimum absolute atomic E-state index is 0.284. The van der Waals surface area contributed by atoms with Crippen LogP contribution in [0, 0.1) is 0 Å². The van der Waals surface area contributed by atoms with Gasteiger partial charge in [-0.25, -0.2) is 9.97 Å². The molecule has 3 aromatic rings. The second kappa shape index (κ2) is 5.97. The predicted octanol–water partition coefficient (Wildman–Crippen LogP) is 3.49. The topological polar surface area (TPSA) is 61.0 Å². The van der Waals surface area contributed by atoms with Gasteiger partial charge in [0.05, 0.1) is 17.8 Å². The van der Waals surface area contributed by atoms with Gasteiger partial charge in [0.2, 0.25) is 5.95 Å². The lowest BCUT2D eigenvalue weighted by atomic mass is 10.1. The van der Waals surface area contributed by atoms with E-state index in [1.165, 1.54) is 0 Å². The Labute approximate surface area is 127 Å². The summed E-state index contributed by atoms with van der Waals surface area (Å²) >= 11 is 5.92. The van der Waals surface area contributed by atoms with E-state index in [0.29, 0.717) is 18.1 Å². The van der Waals surface area contributed by atoms with Crippen molar-refractivity contribution in [2.24, 2.45) is 0 Å². The standard InChI is InChI=1S/C16H14ClN3O/c17-11-4-3-5-12(10-11)21-9-8-15-13-6-1-2-7-14(13)19-16(18)20-15/h1-7,10H,8-9H2,(H2,18,19,20). The quantitative estimate of drug-likeness (QED) is 0.801. The van der Waals surface area contributed by atoms with Gasteiger partial charge in [0.15, 0.2) is 0 Å². The Bertz CT molecular complexity index is 776. The first kappa shape index (κ1) is 13.6. The Kier molecular flexibility index (Phi) is 3.88. The van der Waals surface area contributed by atoms with E-state index in [4.69, 9.17) is 22.1 Å². The summed E-state index contributed by atoms with van der Waals surface area (Å²) in [7, 11) is 0. The highest BCUT2D eigenvalue weighted by atomic mass is 35.5. The van der Waals surface area contributed by atoms with Gasteiger partial charge in [0, 0.05) is 16.8 Å². The number of rotatable bonds is 4. The van der Waals surface area contributed by atoms with E-state index in [1.807, 2.05) is 42.5 Å². The zero-order valence-electron chi connectivity index (χ0n) is 11.3. The highest BCUT2D eigenvalue weighted by Gasteiger charge is 2.06. The molecule has 5 heteroatoms. The zero-order chi connectivity index (χ0) is 14.7. The number of benzene rings is 2. The molecule has 0 saturated heterocycles. The second-order valence-corrected chi connectivity index (χ2v) is 5.04. The molecule has 0 saturated carbocycles. The van der Waals surface area contributed by atoms with Crippen LogP contribution in [0.2, 0.25) is 5.02 Å². The zero-order valence-corrected chi connectivity index (χ0v) is 12.0. The average Bonchev–Trinajstić information content (AvgIpc) is 2.47. The summed E-state index contributed by atoms with van der Waals surface area (Å²) < 4.78 is 5.69. The minimum Gasteiger partial charge on any atom is -0.493 e. The normalized spacial score (nSPS) is 10.7. The van der Waals surface area contributed by atoms with E-state index in [9.17, 15) is 0 Å². The van der Waals surface area contributed by atoms with Gasteiger partial charge < -0.3 is 10.5 Å². The summed E-state index contributed by atoms with van der Waals surface area (Å²) in [5.74, 6) is 1.03. The third-order valence-electron chi connectivity index (χ3n) is 3.10. The number of hydrogen-bond acceptors (Lipinski definition) is 4. The van der Waals surface area contributed by atoms with Crippen molar-refractivity contribution in [3.8, 4) is 5.75 Å². The molecule has 2 N–H and O–H groups in total. The van der Waals surface area contributed by atoms with Crippen LogP contribution in [-0.2, 0) is 6.42 Å². The first-order chi connectivity index (χ1) is 10.2. The summed E-state index contributed by atoms with van der Waals surface area (Å²) in [5.41, 5.74) is 7.49. The average molecular weight is 300 g/mol. The molecule has 0 amide bonds. The molecular weight excluding hydrogens is 286 g/mol. The SMILES string of the molecule is Nc1nc(CCOc2cccc(Cl)c2)c2ccccc2n1. The Hall–Kier alpha value is -2.33. The molecule has 106 valence electrons. The number of nitrogens with zero attached hydrogens (tertiary/aromatic N) is 2. The molecule has 0 aliphatic rings. The molecule has 0 spiro atoms. The van der Waals surface area contributed by atoms with Crippen molar-refractivity contribution < 1.29 is 4.74 Å². The largest absolute Gasteiger partial charge is 0.493 e. The highest BCUT2D eigenvalue weighted by Crippen LogP contribution is 2.19. The molecule has 2 aromatic carbocycles. The molecule has 0 aliphatic carbocycles. The van der Waals surface area contributed by atoms with E-state index in [2.05, 4.69) is 9.97 Å². The fraction of sp³-hybridized carbons (Fsp3) is 0.125. The molecule has 1 aromatic heterocycles. The molecule has 0 fully saturated rings. The molecule has 0 aliphatic heterocycles. The first-order valence-corrected chi connectivity index (χ1v) is 7.00. The maximum Gasteiger partial charge on any atom is 0.220 e. The van der Waals surface area contributed by atoms with Gasteiger partial charge in [0.1, 0.15) is 5.75 Å². The minimum atomic E-state index is 0.284. The number of halogens is 1. The van der Waals surface area contributed by atoms with Crippen LogP contribution in [0.15, 0.2) is 48.5 Å². The van der Waals surface area contributed by atoms with Crippen LogP contribution >= 0.6 is 11.6 Å². The molecule has 0 atom stereocenters. The number of aromatic nitrogens is 2. The Morgan fingerprint density at radius 1 is 1.05 bits per heavy atom. The van der Waals surface area contributed by atoms with E-state index >= 15 is 0 Å². The molecule has 4 nitrogen and oxygen atoms in total. The van der Waals surface area contributed by atoms with Crippen molar-refractivity contribution in [1.29, 1.82) is 0 Å². The van der Waals surface area contributed by atoms with Crippen LogP contribution in [-0.4, -0.2) is 16.6 Å². The third-order valence-corrected chi connectivity index (χ3v) is 3.34. The van der Waals surface area contributed by atoms with Crippen molar-refractivity contribution in [2.45, 2.75) is 6.42 Å². The molecule has 21 heavy (non-hydrogen) atoms. The maximum absolute atomic E-state index is 5.92. The summed E-state index contributed by atoms with van der Waals surface area (Å²) in [4.78, 5) is 8.53. The van der Waals surface area contributed by atoms with Gasteiger partial charge in [-0.1, -0.05) is 35.9 Å². The van der Waals surface area contributed by atoms with Crippen molar-refractivity contribution in [2.75, 3.05) is 12.3 Å². The Morgan fingerprint density at radius 3 is 2.76 bits per heavy atom. The molecule has 3 rings (SSSR count). The van der Waals surface area contributed by atoms with E-state index in [1.54, 1.807) is 6.07 Å². The van der Waals surface area contributed by atoms with Gasteiger partial charge >= 0.3 is 0 Å². The second-order valence-electron chi connectivity index (χ2n) is 4.60. The van der Waals surface area contributed by atoms with Crippen LogP contribution in [0.25, 0.3) is 10.9 Å². The third kappa shape index (κ3) is 3.23. The number of nitrogens with two attached hydrogens (primary N) is 1. The van der Waals surface area contributed by atoms with E-state index in [-0.39, 0.29) is 5.95 Å². The lowest BCUT2D eigenvalue weighted by Gasteiger charge is -2.08. The van der Waals surface area contributed by atoms with Crippen molar-refractivity contribution in [3.63, 3.8) is 0 Å². The predicted molar refractivity (Wildman–Crippen MR) is 84.6 cm³/mol. The monoisotopic (exact) mass is 299 g/mol. The summed E-state index contributed by atoms with van der Waals surface area (Å²) in [6.07, 6.45) is 0.653. The van der Waals surface area contributed by atoms with Crippen molar-refractivity contribution in [3.05, 3.63) is 59.2 Å². The van der Waals surface area contributed by atoms with Crippen LogP contribution in [0.1, 0.15) is 5.69 Å². The smallest absolute Gasteiger partial charge is 0.220 e. The van der Waals surface area contributed by atoms with Crippen LogP contribution in [0.5, 0.6) is 5.75 Å². The molecular formula is C16H14ClN3O. The number of anilines is 1. The number of fused-ring (bicyclic) bond motifs is 1. The maximum atomic E-state index is 5.92. The summed E-state index contributed by atoms with van der Waals surface area (Å²) in [6, 6.07) is 15.1. The van der Waals surface area contributed by atoms with Gasteiger partial charge in [-0.2, -0.15) is 0 Å². The molecule has 0 radical (unpaired) electrons. The fourth-order valence-electron chi connectivity index (χ4n) is 2.17. The highest BCUT2D eigenvalue weighted by molar-refractivity contribution is 6.30. The number of nitrogen functional groups attached to an aromatic ring is 1. The van der Waals surface area contributed by atoms with E-state index < -0.39 is 0 Å². The summed E-state index contributed by atoms with van der Waals surface area (Å²) in [5, 5.41) is 1.66. The molecule has 0 unspecified atom stereocenters. The van der Waals surface area contributed by atoms with Crippen LogP contribution in [0.3, 0.4) is 0 Å².